The van der Waals surface area contributed by atoms with Crippen molar-refractivity contribution < 1.29 is 14.3 Å². The van der Waals surface area contributed by atoms with E-state index in [1.165, 1.54) is 0 Å². The highest BCUT2D eigenvalue weighted by atomic mass is 16.5. The second-order valence-electron chi connectivity index (χ2n) is 6.42. The fraction of sp³-hybridized carbons (Fsp3) is 0.368. The number of aryl methyl sites for hydroxylation is 2. The van der Waals surface area contributed by atoms with Crippen molar-refractivity contribution in [1.82, 2.24) is 9.47 Å². The van der Waals surface area contributed by atoms with Crippen molar-refractivity contribution >= 4 is 11.8 Å². The molecule has 1 aliphatic rings. The normalized spacial score (nSPS) is 17.6. The van der Waals surface area contributed by atoms with Gasteiger partial charge in [0, 0.05) is 23.6 Å². The van der Waals surface area contributed by atoms with Crippen molar-refractivity contribution in [2.75, 3.05) is 19.7 Å². The van der Waals surface area contributed by atoms with Crippen LogP contribution < -0.4 is 5.73 Å². The van der Waals surface area contributed by atoms with Gasteiger partial charge in [-0.25, -0.2) is 0 Å². The molecule has 2 N–H and O–H groups in total. The molecule has 25 heavy (non-hydrogen) atoms. The van der Waals surface area contributed by atoms with E-state index in [-0.39, 0.29) is 12.5 Å². The van der Waals surface area contributed by atoms with E-state index in [9.17, 15) is 9.59 Å². The van der Waals surface area contributed by atoms with E-state index in [2.05, 4.69) is 17.6 Å². The summed E-state index contributed by atoms with van der Waals surface area (Å²) in [4.78, 5) is 26.0. The summed E-state index contributed by atoms with van der Waals surface area (Å²) < 4.78 is 7.42. The third-order valence-electron chi connectivity index (χ3n) is 4.69. The second-order valence-corrected chi connectivity index (χ2v) is 6.42. The molecule has 0 bridgehead atoms. The first-order valence-corrected chi connectivity index (χ1v) is 8.35. The first-order valence-electron chi connectivity index (χ1n) is 8.35. The van der Waals surface area contributed by atoms with Gasteiger partial charge in [-0.15, -0.1) is 0 Å². The Hall–Kier alpha value is -2.60. The quantitative estimate of drug-likeness (QED) is 0.923. The van der Waals surface area contributed by atoms with Gasteiger partial charge in [-0.05, 0) is 38.5 Å². The number of morpholine rings is 1. The first-order chi connectivity index (χ1) is 11.9. The highest BCUT2D eigenvalue weighted by molar-refractivity contribution is 5.96. The number of amides is 2. The molecule has 1 aromatic heterocycles. The van der Waals surface area contributed by atoms with E-state index in [4.69, 9.17) is 10.5 Å². The molecule has 132 valence electrons. The van der Waals surface area contributed by atoms with Gasteiger partial charge in [-0.3, -0.25) is 9.59 Å². The molecule has 1 aromatic carbocycles. The van der Waals surface area contributed by atoms with Gasteiger partial charge in [-0.1, -0.05) is 18.2 Å². The maximum Gasteiger partial charge on any atom is 0.255 e. The van der Waals surface area contributed by atoms with Gasteiger partial charge in [0.25, 0.3) is 5.91 Å². The summed E-state index contributed by atoms with van der Waals surface area (Å²) in [5.74, 6) is -0.634. The van der Waals surface area contributed by atoms with Crippen LogP contribution in [0, 0.1) is 20.8 Å². The number of para-hydroxylation sites is 1. The predicted octanol–water partition coefficient (Wildman–Crippen LogP) is 1.73. The van der Waals surface area contributed by atoms with Crippen LogP contribution in [0.4, 0.5) is 0 Å². The van der Waals surface area contributed by atoms with E-state index in [1.807, 2.05) is 38.1 Å². The summed E-state index contributed by atoms with van der Waals surface area (Å²) >= 11 is 0. The van der Waals surface area contributed by atoms with E-state index in [0.717, 1.165) is 22.6 Å². The summed E-state index contributed by atoms with van der Waals surface area (Å²) in [7, 11) is 0. The average molecular weight is 341 g/mol. The van der Waals surface area contributed by atoms with E-state index < -0.39 is 12.0 Å². The molecule has 1 unspecified atom stereocenters. The Morgan fingerprint density at radius 1 is 1.20 bits per heavy atom. The third kappa shape index (κ3) is 3.17. The molecular formula is C19H23N3O3. The van der Waals surface area contributed by atoms with Crippen LogP contribution in [-0.2, 0) is 9.53 Å². The summed E-state index contributed by atoms with van der Waals surface area (Å²) in [5, 5.41) is 0. The smallest absolute Gasteiger partial charge is 0.255 e. The molecule has 2 heterocycles. The molecule has 0 radical (unpaired) electrons. The Kier molecular flexibility index (Phi) is 4.63. The van der Waals surface area contributed by atoms with Crippen LogP contribution in [0.3, 0.4) is 0 Å². The standard InChI is InChI=1S/C19H23N3O3/c1-12-6-4-5-7-16(12)22-13(2)10-15(14(22)3)19(24)21-8-9-25-17(11-21)18(20)23/h4-7,10,17H,8-9,11H2,1-3H3,(H2,20,23). The molecule has 1 fully saturated rings. The Labute approximate surface area is 147 Å². The first kappa shape index (κ1) is 17.2. The van der Waals surface area contributed by atoms with Gasteiger partial charge < -0.3 is 19.9 Å². The van der Waals surface area contributed by atoms with Gasteiger partial charge >= 0.3 is 0 Å². The maximum atomic E-state index is 13.0. The molecule has 6 heteroatoms. The lowest BCUT2D eigenvalue weighted by atomic mass is 10.1. The minimum absolute atomic E-state index is 0.0949. The number of hydrogen-bond acceptors (Lipinski definition) is 3. The summed E-state index contributed by atoms with van der Waals surface area (Å²) in [5.41, 5.74) is 10.0. The molecule has 2 amide bonds. The van der Waals surface area contributed by atoms with Gasteiger partial charge in [0.15, 0.2) is 6.10 Å². The number of aromatic nitrogens is 1. The topological polar surface area (TPSA) is 77.6 Å². The van der Waals surface area contributed by atoms with Gasteiger partial charge in [0.2, 0.25) is 5.91 Å². The number of primary amides is 1. The summed E-state index contributed by atoms with van der Waals surface area (Å²) in [6.07, 6.45) is -0.738. The van der Waals surface area contributed by atoms with Crippen LogP contribution in [-0.4, -0.2) is 47.1 Å². The fourth-order valence-electron chi connectivity index (χ4n) is 3.34. The Morgan fingerprint density at radius 2 is 1.92 bits per heavy atom. The number of nitrogens with two attached hydrogens (primary N) is 1. The lowest BCUT2D eigenvalue weighted by Gasteiger charge is -2.31. The predicted molar refractivity (Wildman–Crippen MR) is 94.8 cm³/mol. The molecule has 0 aliphatic carbocycles. The van der Waals surface area contributed by atoms with Crippen LogP contribution in [0.5, 0.6) is 0 Å². The van der Waals surface area contributed by atoms with Crippen LogP contribution >= 0.6 is 0 Å². The number of carbonyl (C=O) groups is 2. The van der Waals surface area contributed by atoms with E-state index in [0.29, 0.717) is 18.7 Å². The van der Waals surface area contributed by atoms with Crippen molar-refractivity contribution in [3.63, 3.8) is 0 Å². The minimum atomic E-state index is -0.738. The molecule has 3 rings (SSSR count). The summed E-state index contributed by atoms with van der Waals surface area (Å²) in [6, 6.07) is 9.98. The lowest BCUT2D eigenvalue weighted by molar-refractivity contribution is -0.133. The largest absolute Gasteiger partial charge is 0.367 e. The SMILES string of the molecule is Cc1ccccc1-n1c(C)cc(C(=O)N2CCOC(C(N)=O)C2)c1C. The number of benzene rings is 1. The van der Waals surface area contributed by atoms with Gasteiger partial charge in [0.05, 0.1) is 18.7 Å². The van der Waals surface area contributed by atoms with Crippen LogP contribution in [0.25, 0.3) is 5.69 Å². The van der Waals surface area contributed by atoms with Crippen molar-refractivity contribution in [1.29, 1.82) is 0 Å². The molecule has 1 saturated heterocycles. The van der Waals surface area contributed by atoms with Crippen molar-refractivity contribution in [3.8, 4) is 5.69 Å². The van der Waals surface area contributed by atoms with E-state index >= 15 is 0 Å². The van der Waals surface area contributed by atoms with Crippen LogP contribution in [0.1, 0.15) is 27.3 Å². The number of carbonyl (C=O) groups excluding carboxylic acids is 2. The van der Waals surface area contributed by atoms with E-state index in [1.54, 1.807) is 4.90 Å². The van der Waals surface area contributed by atoms with Crippen LogP contribution in [0.2, 0.25) is 0 Å². The number of hydrogen-bond donors (Lipinski definition) is 1. The van der Waals surface area contributed by atoms with Gasteiger partial charge in [-0.2, -0.15) is 0 Å². The Balaban J connectivity index is 1.94. The molecule has 1 aliphatic heterocycles. The second kappa shape index (κ2) is 6.72. The monoisotopic (exact) mass is 341 g/mol. The zero-order valence-corrected chi connectivity index (χ0v) is 14.8. The number of ether oxygens (including phenoxy) is 1. The number of rotatable bonds is 3. The maximum absolute atomic E-state index is 13.0. The van der Waals surface area contributed by atoms with Crippen molar-refractivity contribution in [2.24, 2.45) is 5.73 Å². The lowest BCUT2D eigenvalue weighted by Crippen LogP contribution is -2.50. The molecule has 2 aromatic rings. The molecule has 1 atom stereocenters. The molecular weight excluding hydrogens is 318 g/mol. The van der Waals surface area contributed by atoms with Crippen LogP contribution in [0.15, 0.2) is 30.3 Å². The third-order valence-corrected chi connectivity index (χ3v) is 4.69. The Bertz CT molecular complexity index is 825. The molecule has 6 nitrogen and oxygen atoms in total. The Morgan fingerprint density at radius 3 is 2.60 bits per heavy atom. The van der Waals surface area contributed by atoms with Crippen molar-refractivity contribution in [3.05, 3.63) is 52.8 Å². The minimum Gasteiger partial charge on any atom is -0.367 e. The van der Waals surface area contributed by atoms with Crippen molar-refractivity contribution in [2.45, 2.75) is 26.9 Å². The highest BCUT2D eigenvalue weighted by Crippen LogP contribution is 2.24. The molecule has 0 spiro atoms. The summed E-state index contributed by atoms with van der Waals surface area (Å²) in [6.45, 7) is 6.95. The molecule has 0 saturated carbocycles. The zero-order chi connectivity index (χ0) is 18.1. The fourth-order valence-corrected chi connectivity index (χ4v) is 3.34. The number of nitrogens with zero attached hydrogens (tertiary/aromatic N) is 2. The zero-order valence-electron chi connectivity index (χ0n) is 14.8. The highest BCUT2D eigenvalue weighted by Gasteiger charge is 2.30. The average Bonchev–Trinajstić information content (AvgIpc) is 2.89. The van der Waals surface area contributed by atoms with Gasteiger partial charge in [0.1, 0.15) is 0 Å².